The van der Waals surface area contributed by atoms with E-state index in [1.54, 1.807) is 18.4 Å². The van der Waals surface area contributed by atoms with E-state index >= 15 is 4.39 Å². The average molecular weight is 513 g/mol. The number of nitrogens with one attached hydrogen (secondary N) is 1. The zero-order valence-corrected chi connectivity index (χ0v) is 20.2. The molecular formula is C26H26ClFN4O4. The van der Waals surface area contributed by atoms with E-state index in [9.17, 15) is 14.7 Å². The molecule has 2 amide bonds. The van der Waals surface area contributed by atoms with E-state index in [2.05, 4.69) is 10.2 Å². The summed E-state index contributed by atoms with van der Waals surface area (Å²) in [6.07, 6.45) is 7.38. The highest BCUT2D eigenvalue weighted by Crippen LogP contribution is 2.61. The Kier molecular flexibility index (Phi) is 5.38. The first kappa shape index (κ1) is 23.1. The molecule has 3 atom stereocenters. The number of carbonyl (C=O) groups excluding carboxylic acids is 1. The minimum absolute atomic E-state index is 0.367. The van der Waals surface area contributed by atoms with Gasteiger partial charge in [0.25, 0.3) is 0 Å². The van der Waals surface area contributed by atoms with E-state index in [1.165, 1.54) is 23.1 Å². The maximum Gasteiger partial charge on any atom is 0.324 e. The largest absolute Gasteiger partial charge is 0.480 e. The normalized spacial score (nSPS) is 30.5. The van der Waals surface area contributed by atoms with Crippen molar-refractivity contribution in [1.82, 2.24) is 10.2 Å². The highest BCUT2D eigenvalue weighted by atomic mass is 35.5. The lowest BCUT2D eigenvalue weighted by Gasteiger charge is -2.47. The van der Waals surface area contributed by atoms with Crippen LogP contribution in [0.25, 0.3) is 0 Å². The Bertz CT molecular complexity index is 1240. The Balaban J connectivity index is 1.47. The van der Waals surface area contributed by atoms with Crippen molar-refractivity contribution in [2.45, 2.75) is 30.7 Å². The molecule has 3 unspecified atom stereocenters. The molecule has 0 spiro atoms. The molecule has 36 heavy (non-hydrogen) atoms. The fraction of sp³-hybridized carbons (Fsp3) is 0.385. The van der Waals surface area contributed by atoms with Crippen molar-refractivity contribution in [1.29, 1.82) is 0 Å². The van der Waals surface area contributed by atoms with Gasteiger partial charge in [0.15, 0.2) is 6.17 Å². The summed E-state index contributed by atoms with van der Waals surface area (Å²) in [5, 5.41) is 13.7. The second-order valence-corrected chi connectivity index (χ2v) is 10.1. The first-order valence-electron chi connectivity index (χ1n) is 12.0. The molecule has 2 saturated heterocycles. The number of alkyl halides is 1. The topological polar surface area (TPSA) is 85.4 Å². The van der Waals surface area contributed by atoms with Gasteiger partial charge in [-0.2, -0.15) is 0 Å². The number of urea groups is 1. The van der Waals surface area contributed by atoms with E-state index in [-0.39, 0.29) is 0 Å². The fourth-order valence-corrected chi connectivity index (χ4v) is 6.26. The third-order valence-electron chi connectivity index (χ3n) is 7.82. The number of anilines is 2. The molecule has 5 aliphatic rings. The molecule has 1 aromatic carbocycles. The standard InChI is InChI=1S/C26H26ClFN4O4/c27-17-15-18-22(31(16-17)20-6-2-1-5-19(20)30-11-13-36-14-12-30)32(24(35)29-18)25(9-10-25)26(23(33)34)8-4-3-7-21(26)28/h1-8,15-16,21-22H,9-14H2,(H,29,35)(H,33,34). The minimum Gasteiger partial charge on any atom is -0.480 e. The molecule has 2 N–H and O–H groups in total. The summed E-state index contributed by atoms with van der Waals surface area (Å²) in [6, 6.07) is 7.35. The number of carboxylic acid groups (broad SMARTS) is 1. The smallest absolute Gasteiger partial charge is 0.324 e. The summed E-state index contributed by atoms with van der Waals surface area (Å²) in [6.45, 7) is 2.63. The Morgan fingerprint density at radius 1 is 1.17 bits per heavy atom. The van der Waals surface area contributed by atoms with Gasteiger partial charge < -0.3 is 25.0 Å². The number of para-hydroxylation sites is 2. The van der Waals surface area contributed by atoms with Crippen LogP contribution in [0.3, 0.4) is 0 Å². The molecule has 0 radical (unpaired) electrons. The predicted octanol–water partition coefficient (Wildman–Crippen LogP) is 3.73. The number of nitrogens with zero attached hydrogens (tertiary/aromatic N) is 3. The van der Waals surface area contributed by atoms with Gasteiger partial charge in [0, 0.05) is 19.3 Å². The van der Waals surface area contributed by atoms with Gasteiger partial charge in [0.1, 0.15) is 11.6 Å². The molecule has 1 aromatic rings. The number of carboxylic acids is 1. The van der Waals surface area contributed by atoms with Crippen molar-refractivity contribution in [3.8, 4) is 0 Å². The van der Waals surface area contributed by atoms with Gasteiger partial charge in [-0.1, -0.05) is 42.0 Å². The Hall–Kier alpha value is -3.30. The van der Waals surface area contributed by atoms with Crippen LogP contribution in [-0.4, -0.2) is 66.2 Å². The predicted molar refractivity (Wildman–Crippen MR) is 133 cm³/mol. The van der Waals surface area contributed by atoms with Gasteiger partial charge in [0.2, 0.25) is 0 Å². The Labute approximate surface area is 212 Å². The van der Waals surface area contributed by atoms with Crippen LogP contribution < -0.4 is 15.1 Å². The molecular weight excluding hydrogens is 487 g/mol. The number of halogens is 2. The van der Waals surface area contributed by atoms with Crippen molar-refractivity contribution in [3.05, 3.63) is 71.6 Å². The van der Waals surface area contributed by atoms with Crippen LogP contribution in [0.4, 0.5) is 20.6 Å². The number of hydrogen-bond donors (Lipinski definition) is 2. The molecule has 6 rings (SSSR count). The highest BCUT2D eigenvalue weighted by Gasteiger charge is 2.72. The number of aliphatic carboxylic acids is 1. The van der Waals surface area contributed by atoms with Gasteiger partial charge in [-0.15, -0.1) is 0 Å². The molecule has 3 aliphatic heterocycles. The molecule has 2 aliphatic carbocycles. The number of ether oxygens (including phenoxy) is 1. The average Bonchev–Trinajstić information content (AvgIpc) is 3.60. The third kappa shape index (κ3) is 3.22. The Morgan fingerprint density at radius 3 is 2.56 bits per heavy atom. The summed E-state index contributed by atoms with van der Waals surface area (Å²) < 4.78 is 21.1. The molecule has 1 saturated carbocycles. The number of allylic oxidation sites excluding steroid dienone is 5. The van der Waals surface area contributed by atoms with Gasteiger partial charge in [-0.05, 0) is 37.1 Å². The lowest BCUT2D eigenvalue weighted by Crippen LogP contribution is -2.63. The van der Waals surface area contributed by atoms with Crippen molar-refractivity contribution in [2.75, 3.05) is 36.1 Å². The summed E-state index contributed by atoms with van der Waals surface area (Å²) >= 11 is 6.51. The second-order valence-electron chi connectivity index (χ2n) is 9.63. The van der Waals surface area contributed by atoms with Gasteiger partial charge in [-0.25, -0.2) is 9.18 Å². The molecule has 0 bridgehead atoms. The fourth-order valence-electron chi connectivity index (χ4n) is 6.04. The van der Waals surface area contributed by atoms with E-state index in [0.717, 1.165) is 11.4 Å². The van der Waals surface area contributed by atoms with E-state index in [0.29, 0.717) is 49.9 Å². The van der Waals surface area contributed by atoms with Crippen LogP contribution in [-0.2, 0) is 9.53 Å². The van der Waals surface area contributed by atoms with Gasteiger partial charge >= 0.3 is 12.0 Å². The highest BCUT2D eigenvalue weighted by molar-refractivity contribution is 6.31. The van der Waals surface area contributed by atoms with Crippen LogP contribution >= 0.6 is 11.6 Å². The van der Waals surface area contributed by atoms with Crippen LogP contribution in [0.15, 0.2) is 71.6 Å². The zero-order chi connectivity index (χ0) is 25.1. The van der Waals surface area contributed by atoms with Crippen LogP contribution in [0.2, 0.25) is 0 Å². The molecule has 3 heterocycles. The summed E-state index contributed by atoms with van der Waals surface area (Å²) in [5.74, 6) is -1.29. The number of amides is 2. The van der Waals surface area contributed by atoms with Crippen molar-refractivity contribution in [3.63, 3.8) is 0 Å². The molecule has 0 aromatic heterocycles. The maximum atomic E-state index is 15.5. The monoisotopic (exact) mass is 512 g/mol. The van der Waals surface area contributed by atoms with E-state index in [1.807, 2.05) is 29.2 Å². The molecule has 8 nitrogen and oxygen atoms in total. The lowest BCUT2D eigenvalue weighted by atomic mass is 9.70. The first-order valence-corrected chi connectivity index (χ1v) is 12.4. The SMILES string of the molecule is O=C1NC2=CC(Cl)=CN(c3ccccc3N3CCOCC3)C2N1C1(C2(C(=O)O)C=CC=CC2F)CC1. The van der Waals surface area contributed by atoms with Gasteiger partial charge in [0.05, 0.1) is 40.9 Å². The van der Waals surface area contributed by atoms with Crippen LogP contribution in [0.1, 0.15) is 12.8 Å². The number of fused-ring (bicyclic) bond motifs is 1. The summed E-state index contributed by atoms with van der Waals surface area (Å²) in [5.41, 5.74) is -0.848. The number of hydrogen-bond acceptors (Lipinski definition) is 5. The van der Waals surface area contributed by atoms with Crippen molar-refractivity contribution in [2.24, 2.45) is 5.41 Å². The van der Waals surface area contributed by atoms with E-state index in [4.69, 9.17) is 16.3 Å². The number of carbonyl (C=O) groups is 2. The Morgan fingerprint density at radius 2 is 1.89 bits per heavy atom. The number of rotatable bonds is 5. The summed E-state index contributed by atoms with van der Waals surface area (Å²) in [4.78, 5) is 31.8. The number of benzene rings is 1. The first-order chi connectivity index (χ1) is 17.4. The van der Waals surface area contributed by atoms with E-state index < -0.39 is 35.3 Å². The second kappa shape index (κ2) is 8.38. The van der Waals surface area contributed by atoms with Crippen LogP contribution in [0, 0.1) is 5.41 Å². The quantitative estimate of drug-likeness (QED) is 0.625. The lowest BCUT2D eigenvalue weighted by molar-refractivity contribution is -0.154. The minimum atomic E-state index is -1.89. The zero-order valence-electron chi connectivity index (χ0n) is 19.4. The maximum absolute atomic E-state index is 15.5. The molecule has 3 fully saturated rings. The van der Waals surface area contributed by atoms with Gasteiger partial charge in [-0.3, -0.25) is 9.69 Å². The third-order valence-corrected chi connectivity index (χ3v) is 8.02. The molecule has 188 valence electrons. The van der Waals surface area contributed by atoms with Crippen LogP contribution in [0.5, 0.6) is 0 Å². The summed E-state index contributed by atoms with van der Waals surface area (Å²) in [7, 11) is 0. The van der Waals surface area contributed by atoms with Crippen molar-refractivity contribution >= 4 is 35.0 Å². The molecule has 10 heteroatoms. The van der Waals surface area contributed by atoms with Crippen molar-refractivity contribution < 1.29 is 23.8 Å². The number of morpholine rings is 1.